The van der Waals surface area contributed by atoms with Gasteiger partial charge in [0.1, 0.15) is 5.82 Å². The van der Waals surface area contributed by atoms with Crippen molar-refractivity contribution in [3.8, 4) is 0 Å². The number of nitrogens with two attached hydrogens (primary N) is 1. The summed E-state index contributed by atoms with van der Waals surface area (Å²) in [6, 6.07) is 1.49. The Hall–Kier alpha value is -1.69. The zero-order valence-electron chi connectivity index (χ0n) is 7.77. The number of amides is 1. The zero-order valence-corrected chi connectivity index (χ0v) is 7.77. The van der Waals surface area contributed by atoms with Crippen LogP contribution in [0.3, 0.4) is 0 Å². The fraction of sp³-hybridized carbons (Fsp3) is 0.375. The summed E-state index contributed by atoms with van der Waals surface area (Å²) in [5, 5.41) is 11.4. The van der Waals surface area contributed by atoms with Gasteiger partial charge in [-0.1, -0.05) is 0 Å². The number of nitrogens with zero attached hydrogens (tertiary/aromatic N) is 2. The molecular weight excluding hydrogens is 184 g/mol. The third-order valence-corrected chi connectivity index (χ3v) is 1.44. The molecule has 1 aromatic rings. The van der Waals surface area contributed by atoms with E-state index in [4.69, 9.17) is 10.8 Å². The van der Waals surface area contributed by atoms with Crippen molar-refractivity contribution in [2.75, 3.05) is 12.3 Å². The Labute approximate surface area is 81.2 Å². The van der Waals surface area contributed by atoms with E-state index in [0.29, 0.717) is 0 Å². The van der Waals surface area contributed by atoms with Gasteiger partial charge in [0.25, 0.3) is 5.91 Å². The maximum atomic E-state index is 11.3. The van der Waals surface area contributed by atoms with Crippen molar-refractivity contribution in [1.82, 2.24) is 15.3 Å². The van der Waals surface area contributed by atoms with Crippen LogP contribution in [0.25, 0.3) is 0 Å². The molecule has 0 saturated heterocycles. The predicted octanol–water partition coefficient (Wildman–Crippen LogP) is -0.831. The normalized spacial score (nSPS) is 12.1. The van der Waals surface area contributed by atoms with E-state index in [9.17, 15) is 4.79 Å². The molecule has 0 radical (unpaired) electrons. The second-order valence-electron chi connectivity index (χ2n) is 2.86. The van der Waals surface area contributed by atoms with Crippen molar-refractivity contribution >= 4 is 11.7 Å². The number of carbonyl (C=O) groups is 1. The third kappa shape index (κ3) is 2.98. The van der Waals surface area contributed by atoms with Crippen LogP contribution < -0.4 is 11.1 Å². The minimum Gasteiger partial charge on any atom is -0.392 e. The van der Waals surface area contributed by atoms with E-state index in [-0.39, 0.29) is 18.2 Å². The number of carbonyl (C=O) groups excluding carboxylic acids is 1. The van der Waals surface area contributed by atoms with Gasteiger partial charge >= 0.3 is 0 Å². The number of nitrogens with one attached hydrogen (secondary N) is 1. The Kier molecular flexibility index (Phi) is 3.35. The molecule has 0 aliphatic rings. The highest BCUT2D eigenvalue weighted by atomic mass is 16.3. The smallest absolute Gasteiger partial charge is 0.289 e. The second-order valence-corrected chi connectivity index (χ2v) is 2.86. The third-order valence-electron chi connectivity index (χ3n) is 1.44. The SMILES string of the molecule is CC(O)CNC(=O)c1nccc(N)n1. The molecule has 1 aromatic heterocycles. The lowest BCUT2D eigenvalue weighted by molar-refractivity contribution is 0.0914. The van der Waals surface area contributed by atoms with E-state index >= 15 is 0 Å². The summed E-state index contributed by atoms with van der Waals surface area (Å²) in [7, 11) is 0. The Morgan fingerprint density at radius 1 is 1.79 bits per heavy atom. The van der Waals surface area contributed by atoms with Gasteiger partial charge in [-0.25, -0.2) is 9.97 Å². The summed E-state index contributed by atoms with van der Waals surface area (Å²) < 4.78 is 0. The van der Waals surface area contributed by atoms with Gasteiger partial charge in [-0.15, -0.1) is 0 Å². The van der Waals surface area contributed by atoms with Gasteiger partial charge in [0.05, 0.1) is 6.10 Å². The molecule has 0 aromatic carbocycles. The Morgan fingerprint density at radius 3 is 3.07 bits per heavy atom. The molecule has 1 heterocycles. The molecule has 0 fully saturated rings. The number of hydrogen-bond donors (Lipinski definition) is 3. The van der Waals surface area contributed by atoms with Crippen molar-refractivity contribution in [1.29, 1.82) is 0 Å². The monoisotopic (exact) mass is 196 g/mol. The fourth-order valence-electron chi connectivity index (χ4n) is 0.802. The van der Waals surface area contributed by atoms with Gasteiger partial charge in [0.2, 0.25) is 5.82 Å². The van der Waals surface area contributed by atoms with Crippen molar-refractivity contribution in [3.05, 3.63) is 18.1 Å². The minimum absolute atomic E-state index is 0.00523. The Bertz CT molecular complexity index is 327. The Balaban J connectivity index is 2.61. The quantitative estimate of drug-likeness (QED) is 0.585. The summed E-state index contributed by atoms with van der Waals surface area (Å²) in [6.45, 7) is 1.73. The summed E-state index contributed by atoms with van der Waals surface area (Å²) in [6.07, 6.45) is 0.805. The first-order valence-corrected chi connectivity index (χ1v) is 4.14. The molecule has 1 unspecified atom stereocenters. The van der Waals surface area contributed by atoms with Gasteiger partial charge in [0.15, 0.2) is 0 Å². The van der Waals surface area contributed by atoms with Gasteiger partial charge in [-0.2, -0.15) is 0 Å². The van der Waals surface area contributed by atoms with Crippen LogP contribution in [0, 0.1) is 0 Å². The van der Waals surface area contributed by atoms with E-state index in [1.54, 1.807) is 6.92 Å². The molecule has 0 aliphatic carbocycles. The summed E-state index contributed by atoms with van der Waals surface area (Å²) >= 11 is 0. The standard InChI is InChI=1S/C8H12N4O2/c1-5(13)4-11-8(14)7-10-3-2-6(9)12-7/h2-3,5,13H,4H2,1H3,(H,11,14)(H2,9,10,12). The lowest BCUT2D eigenvalue weighted by Crippen LogP contribution is -2.31. The lowest BCUT2D eigenvalue weighted by atomic mass is 10.4. The number of aliphatic hydroxyl groups excluding tert-OH is 1. The van der Waals surface area contributed by atoms with Crippen molar-refractivity contribution in [2.45, 2.75) is 13.0 Å². The average molecular weight is 196 g/mol. The largest absolute Gasteiger partial charge is 0.392 e. The number of aromatic nitrogens is 2. The highest BCUT2D eigenvalue weighted by Crippen LogP contribution is 1.95. The van der Waals surface area contributed by atoms with Crippen LogP contribution in [0.15, 0.2) is 12.3 Å². The van der Waals surface area contributed by atoms with Crippen molar-refractivity contribution < 1.29 is 9.90 Å². The second kappa shape index (κ2) is 4.52. The first-order chi connectivity index (χ1) is 6.59. The predicted molar refractivity (Wildman–Crippen MR) is 50.5 cm³/mol. The van der Waals surface area contributed by atoms with Gasteiger partial charge in [-0.3, -0.25) is 4.79 Å². The van der Waals surface area contributed by atoms with Crippen LogP contribution in [0.2, 0.25) is 0 Å². The maximum Gasteiger partial charge on any atom is 0.289 e. The molecule has 1 atom stereocenters. The van der Waals surface area contributed by atoms with Crippen LogP contribution in [-0.4, -0.2) is 33.6 Å². The molecule has 4 N–H and O–H groups in total. The lowest BCUT2D eigenvalue weighted by Gasteiger charge is -2.05. The number of aliphatic hydroxyl groups is 1. The molecule has 0 saturated carbocycles. The molecule has 14 heavy (non-hydrogen) atoms. The molecule has 0 bridgehead atoms. The number of anilines is 1. The van der Waals surface area contributed by atoms with E-state index in [1.807, 2.05) is 0 Å². The topological polar surface area (TPSA) is 101 Å². The van der Waals surface area contributed by atoms with Crippen LogP contribution >= 0.6 is 0 Å². The molecule has 1 amide bonds. The summed E-state index contributed by atoms with van der Waals surface area (Å²) in [4.78, 5) is 18.8. The Morgan fingerprint density at radius 2 is 2.50 bits per heavy atom. The van der Waals surface area contributed by atoms with E-state index in [2.05, 4.69) is 15.3 Å². The van der Waals surface area contributed by atoms with E-state index in [0.717, 1.165) is 0 Å². The van der Waals surface area contributed by atoms with Gasteiger partial charge in [0, 0.05) is 12.7 Å². The highest BCUT2D eigenvalue weighted by Gasteiger charge is 2.09. The van der Waals surface area contributed by atoms with Crippen LogP contribution in [0.5, 0.6) is 0 Å². The highest BCUT2D eigenvalue weighted by molar-refractivity contribution is 5.90. The van der Waals surface area contributed by atoms with E-state index < -0.39 is 12.0 Å². The van der Waals surface area contributed by atoms with Crippen molar-refractivity contribution in [3.63, 3.8) is 0 Å². The fourth-order valence-corrected chi connectivity index (χ4v) is 0.802. The van der Waals surface area contributed by atoms with E-state index in [1.165, 1.54) is 12.3 Å². The zero-order chi connectivity index (χ0) is 10.6. The minimum atomic E-state index is -0.597. The molecule has 6 heteroatoms. The number of hydrogen-bond acceptors (Lipinski definition) is 5. The summed E-state index contributed by atoms with van der Waals surface area (Å²) in [5.41, 5.74) is 5.37. The maximum absolute atomic E-state index is 11.3. The van der Waals surface area contributed by atoms with Crippen LogP contribution in [-0.2, 0) is 0 Å². The molecule has 1 rings (SSSR count). The molecule has 6 nitrogen and oxygen atoms in total. The first-order valence-electron chi connectivity index (χ1n) is 4.14. The average Bonchev–Trinajstić information content (AvgIpc) is 2.14. The first kappa shape index (κ1) is 10.4. The van der Waals surface area contributed by atoms with Gasteiger partial charge in [-0.05, 0) is 13.0 Å². The summed E-state index contributed by atoms with van der Waals surface area (Å²) in [5.74, 6) is -0.203. The van der Waals surface area contributed by atoms with Gasteiger partial charge < -0.3 is 16.2 Å². The molecule has 76 valence electrons. The molecular formula is C8H12N4O2. The molecule has 0 spiro atoms. The van der Waals surface area contributed by atoms with Crippen molar-refractivity contribution in [2.24, 2.45) is 0 Å². The number of rotatable bonds is 3. The van der Waals surface area contributed by atoms with Crippen LogP contribution in [0.4, 0.5) is 5.82 Å². The van der Waals surface area contributed by atoms with Crippen LogP contribution in [0.1, 0.15) is 17.5 Å². The molecule has 0 aliphatic heterocycles. The number of nitrogen functional groups attached to an aromatic ring is 1.